The van der Waals surface area contributed by atoms with Gasteiger partial charge in [-0.1, -0.05) is 42.1 Å². The number of Topliss-reactive ketones (excluding diaryl/α,β-unsaturated/α-hetero) is 1. The SMILES string of the molecule is CC(=O)c1ccc(NC(=O)c2ccc(CSc3nc4ccc(NC(=O)c5ccccc5C)cc4s3)cc2)cc1. The molecule has 2 amide bonds. The van der Waals surface area contributed by atoms with Gasteiger partial charge in [0.05, 0.1) is 10.2 Å². The zero-order valence-corrected chi connectivity index (χ0v) is 23.0. The monoisotopic (exact) mass is 551 g/mol. The number of aromatic nitrogens is 1. The number of aryl methyl sites for hydroxylation is 1. The van der Waals surface area contributed by atoms with Crippen LogP contribution in [0.2, 0.25) is 0 Å². The van der Waals surface area contributed by atoms with Gasteiger partial charge in [0, 0.05) is 33.8 Å². The molecule has 5 aromatic rings. The molecule has 1 heterocycles. The van der Waals surface area contributed by atoms with Crippen molar-refractivity contribution in [2.45, 2.75) is 23.9 Å². The number of fused-ring (bicyclic) bond motifs is 1. The molecule has 8 heteroatoms. The van der Waals surface area contributed by atoms with Gasteiger partial charge in [0.1, 0.15) is 0 Å². The zero-order chi connectivity index (χ0) is 27.4. The molecule has 0 bridgehead atoms. The average Bonchev–Trinajstić information content (AvgIpc) is 3.35. The van der Waals surface area contributed by atoms with Crippen LogP contribution in [0.25, 0.3) is 10.2 Å². The minimum Gasteiger partial charge on any atom is -0.322 e. The summed E-state index contributed by atoms with van der Waals surface area (Å²) in [5.74, 6) is 0.362. The summed E-state index contributed by atoms with van der Waals surface area (Å²) in [5, 5.41) is 5.84. The summed E-state index contributed by atoms with van der Waals surface area (Å²) in [6, 6.07) is 27.6. The Morgan fingerprint density at radius 1 is 0.795 bits per heavy atom. The number of nitrogens with zero attached hydrogens (tertiary/aromatic N) is 1. The smallest absolute Gasteiger partial charge is 0.255 e. The molecule has 194 valence electrons. The summed E-state index contributed by atoms with van der Waals surface area (Å²) >= 11 is 3.21. The third-order valence-electron chi connectivity index (χ3n) is 6.14. The van der Waals surface area contributed by atoms with Crippen molar-refractivity contribution in [1.29, 1.82) is 0 Å². The normalized spacial score (nSPS) is 10.8. The van der Waals surface area contributed by atoms with Crippen LogP contribution in [0.5, 0.6) is 0 Å². The number of amides is 2. The van der Waals surface area contributed by atoms with Crippen molar-refractivity contribution < 1.29 is 14.4 Å². The fourth-order valence-corrected chi connectivity index (χ4v) is 6.02. The van der Waals surface area contributed by atoms with E-state index in [1.165, 1.54) is 6.92 Å². The lowest BCUT2D eigenvalue weighted by atomic mass is 10.1. The molecule has 5 rings (SSSR count). The molecule has 0 fully saturated rings. The maximum Gasteiger partial charge on any atom is 0.255 e. The summed E-state index contributed by atoms with van der Waals surface area (Å²) in [6.07, 6.45) is 0. The second-order valence-electron chi connectivity index (χ2n) is 9.00. The molecule has 6 nitrogen and oxygen atoms in total. The van der Waals surface area contributed by atoms with E-state index in [2.05, 4.69) is 10.6 Å². The van der Waals surface area contributed by atoms with Crippen molar-refractivity contribution in [2.24, 2.45) is 0 Å². The summed E-state index contributed by atoms with van der Waals surface area (Å²) in [4.78, 5) is 41.4. The molecule has 4 aromatic carbocycles. The standard InChI is InChI=1S/C31H25N3O3S2/c1-19-5-3-4-6-26(19)30(37)33-25-15-16-27-28(17-25)39-31(34-27)38-18-21-7-9-23(10-8-21)29(36)32-24-13-11-22(12-14-24)20(2)35/h3-17H,18H2,1-2H3,(H,32,36)(H,33,37). The van der Waals surface area contributed by atoms with Crippen molar-refractivity contribution in [1.82, 2.24) is 4.98 Å². The third-order valence-corrected chi connectivity index (χ3v) is 8.38. The van der Waals surface area contributed by atoms with Gasteiger partial charge in [0.25, 0.3) is 11.8 Å². The van der Waals surface area contributed by atoms with Gasteiger partial charge in [-0.25, -0.2) is 4.98 Å². The molecule has 0 spiro atoms. The lowest BCUT2D eigenvalue weighted by molar-refractivity contribution is 0.101. The summed E-state index contributed by atoms with van der Waals surface area (Å²) < 4.78 is 1.94. The Bertz CT molecular complexity index is 1680. The molecule has 0 aliphatic heterocycles. The molecule has 0 aliphatic rings. The van der Waals surface area contributed by atoms with Crippen LogP contribution < -0.4 is 10.6 Å². The Morgan fingerprint density at radius 3 is 2.18 bits per heavy atom. The van der Waals surface area contributed by atoms with E-state index in [1.54, 1.807) is 59.5 Å². The second kappa shape index (κ2) is 11.6. The Kier molecular flexibility index (Phi) is 7.86. The first-order valence-corrected chi connectivity index (χ1v) is 14.1. The third kappa shape index (κ3) is 6.42. The van der Waals surface area contributed by atoms with Crippen molar-refractivity contribution in [3.8, 4) is 0 Å². The highest BCUT2D eigenvalue weighted by molar-refractivity contribution is 8.00. The summed E-state index contributed by atoms with van der Waals surface area (Å²) in [6.45, 7) is 3.43. The van der Waals surface area contributed by atoms with E-state index >= 15 is 0 Å². The maximum absolute atomic E-state index is 12.7. The van der Waals surface area contributed by atoms with E-state index in [0.717, 1.165) is 31.4 Å². The predicted octanol–water partition coefficient (Wildman–Crippen LogP) is 7.60. The largest absolute Gasteiger partial charge is 0.322 e. The van der Waals surface area contributed by atoms with Gasteiger partial charge >= 0.3 is 0 Å². The predicted molar refractivity (Wildman–Crippen MR) is 159 cm³/mol. The van der Waals surface area contributed by atoms with E-state index in [4.69, 9.17) is 4.98 Å². The van der Waals surface area contributed by atoms with Crippen LogP contribution in [0.1, 0.15) is 49.1 Å². The molecule has 0 aliphatic carbocycles. The molecule has 1 aromatic heterocycles. The van der Waals surface area contributed by atoms with Crippen LogP contribution in [0.15, 0.2) is 95.3 Å². The molecule has 0 radical (unpaired) electrons. The number of thioether (sulfide) groups is 1. The van der Waals surface area contributed by atoms with Crippen molar-refractivity contribution in [3.05, 3.63) is 119 Å². The maximum atomic E-state index is 12.7. The van der Waals surface area contributed by atoms with Crippen LogP contribution in [-0.4, -0.2) is 22.6 Å². The molecule has 0 saturated carbocycles. The molecule has 0 saturated heterocycles. The Balaban J connectivity index is 1.18. The first-order valence-electron chi connectivity index (χ1n) is 12.3. The van der Waals surface area contributed by atoms with E-state index in [-0.39, 0.29) is 17.6 Å². The summed E-state index contributed by atoms with van der Waals surface area (Å²) in [7, 11) is 0. The highest BCUT2D eigenvalue weighted by atomic mass is 32.2. The van der Waals surface area contributed by atoms with Crippen LogP contribution in [0, 0.1) is 6.92 Å². The number of ketones is 1. The van der Waals surface area contributed by atoms with E-state index in [1.807, 2.05) is 61.5 Å². The lowest BCUT2D eigenvalue weighted by Gasteiger charge is -2.07. The summed E-state index contributed by atoms with van der Waals surface area (Å²) in [5.41, 5.74) is 6.09. The van der Waals surface area contributed by atoms with E-state index in [0.29, 0.717) is 28.1 Å². The Hall–Kier alpha value is -4.27. The lowest BCUT2D eigenvalue weighted by Crippen LogP contribution is -2.13. The number of anilines is 2. The second-order valence-corrected chi connectivity index (χ2v) is 11.3. The van der Waals surface area contributed by atoms with Crippen molar-refractivity contribution in [3.63, 3.8) is 0 Å². The molecule has 2 N–H and O–H groups in total. The van der Waals surface area contributed by atoms with E-state index in [9.17, 15) is 14.4 Å². The first kappa shape index (κ1) is 26.3. The van der Waals surface area contributed by atoms with Gasteiger partial charge < -0.3 is 10.6 Å². The number of carbonyl (C=O) groups excluding carboxylic acids is 3. The first-order chi connectivity index (χ1) is 18.9. The topological polar surface area (TPSA) is 88.2 Å². The number of benzene rings is 4. The molecule has 0 unspecified atom stereocenters. The van der Waals surface area contributed by atoms with Crippen LogP contribution in [0.4, 0.5) is 11.4 Å². The van der Waals surface area contributed by atoms with Gasteiger partial charge in [0.15, 0.2) is 10.1 Å². The molecule has 0 atom stereocenters. The number of carbonyl (C=O) groups is 3. The van der Waals surface area contributed by atoms with Crippen LogP contribution >= 0.6 is 23.1 Å². The molecular formula is C31H25N3O3S2. The van der Waals surface area contributed by atoms with Gasteiger partial charge in [-0.15, -0.1) is 11.3 Å². The van der Waals surface area contributed by atoms with Gasteiger partial charge in [-0.05, 0) is 85.6 Å². The molecule has 39 heavy (non-hydrogen) atoms. The van der Waals surface area contributed by atoms with Crippen LogP contribution in [-0.2, 0) is 5.75 Å². The van der Waals surface area contributed by atoms with Gasteiger partial charge in [-0.3, -0.25) is 14.4 Å². The number of thiazole rings is 1. The quantitative estimate of drug-likeness (QED) is 0.153. The highest BCUT2D eigenvalue weighted by Crippen LogP contribution is 2.33. The zero-order valence-electron chi connectivity index (χ0n) is 21.4. The number of nitrogens with one attached hydrogen (secondary N) is 2. The number of rotatable bonds is 8. The Labute approximate surface area is 234 Å². The van der Waals surface area contributed by atoms with E-state index < -0.39 is 0 Å². The highest BCUT2D eigenvalue weighted by Gasteiger charge is 2.12. The average molecular weight is 552 g/mol. The number of hydrogen-bond donors (Lipinski definition) is 2. The molecular weight excluding hydrogens is 526 g/mol. The fraction of sp³-hybridized carbons (Fsp3) is 0.0968. The Morgan fingerprint density at radius 2 is 1.46 bits per heavy atom. The van der Waals surface area contributed by atoms with Gasteiger partial charge in [0.2, 0.25) is 0 Å². The van der Waals surface area contributed by atoms with Crippen molar-refractivity contribution >= 4 is 62.3 Å². The minimum atomic E-state index is -0.207. The van der Waals surface area contributed by atoms with Crippen LogP contribution in [0.3, 0.4) is 0 Å². The minimum absolute atomic E-state index is 0.0145. The van der Waals surface area contributed by atoms with Gasteiger partial charge in [-0.2, -0.15) is 0 Å². The fourth-order valence-electron chi connectivity index (χ4n) is 3.96. The van der Waals surface area contributed by atoms with Crippen molar-refractivity contribution in [2.75, 3.05) is 10.6 Å². The number of hydrogen-bond acceptors (Lipinski definition) is 6.